The Labute approximate surface area is 87.0 Å². The van der Waals surface area contributed by atoms with Gasteiger partial charge in [-0.05, 0) is 24.6 Å². The average Bonchev–Trinajstić information content (AvgIpc) is 2.48. The van der Waals surface area contributed by atoms with Gasteiger partial charge in [0, 0.05) is 5.02 Å². The summed E-state index contributed by atoms with van der Waals surface area (Å²) in [6, 6.07) is 7.37. The number of carbonyl (C=O) groups excluding carboxylic acids is 1. The Hall–Kier alpha value is -1.22. The van der Waals surface area contributed by atoms with Gasteiger partial charge in [0.2, 0.25) is 0 Å². The lowest BCUT2D eigenvalue weighted by Gasteiger charge is -2.21. The molecule has 0 radical (unpaired) electrons. The van der Waals surface area contributed by atoms with Crippen molar-refractivity contribution in [3.05, 3.63) is 34.9 Å². The highest BCUT2D eigenvalue weighted by molar-refractivity contribution is 6.30. The number of hydrogen-bond acceptors (Lipinski definition) is 2. The highest BCUT2D eigenvalue weighted by atomic mass is 35.5. The van der Waals surface area contributed by atoms with E-state index in [2.05, 4.69) is 5.32 Å². The van der Waals surface area contributed by atoms with Gasteiger partial charge >= 0.3 is 6.09 Å². The first kappa shape index (κ1) is 9.34. The SMILES string of the molecule is CC1(c2ccc(Cl)cc2)COC(=O)N1. The van der Waals surface area contributed by atoms with Crippen molar-refractivity contribution >= 4 is 17.7 Å². The first-order chi connectivity index (χ1) is 6.60. The van der Waals surface area contributed by atoms with E-state index in [-0.39, 0.29) is 6.09 Å². The number of halogens is 1. The lowest BCUT2D eigenvalue weighted by Crippen LogP contribution is -2.37. The summed E-state index contributed by atoms with van der Waals surface area (Å²) in [6.07, 6.45) is -0.373. The zero-order valence-corrected chi connectivity index (χ0v) is 8.47. The van der Waals surface area contributed by atoms with Crippen LogP contribution < -0.4 is 5.32 Å². The van der Waals surface area contributed by atoms with Gasteiger partial charge in [0.25, 0.3) is 0 Å². The van der Waals surface area contributed by atoms with Crippen molar-refractivity contribution in [1.29, 1.82) is 0 Å². The van der Waals surface area contributed by atoms with Crippen molar-refractivity contribution in [2.24, 2.45) is 0 Å². The lowest BCUT2D eigenvalue weighted by atomic mass is 9.94. The smallest absolute Gasteiger partial charge is 0.408 e. The van der Waals surface area contributed by atoms with Crippen LogP contribution in [0, 0.1) is 0 Å². The summed E-state index contributed by atoms with van der Waals surface area (Å²) < 4.78 is 4.87. The fraction of sp³-hybridized carbons (Fsp3) is 0.300. The maximum atomic E-state index is 10.9. The van der Waals surface area contributed by atoms with Crippen LogP contribution in [0.2, 0.25) is 5.02 Å². The number of nitrogens with one attached hydrogen (secondary N) is 1. The van der Waals surface area contributed by atoms with Gasteiger partial charge in [-0.2, -0.15) is 0 Å². The van der Waals surface area contributed by atoms with Crippen LogP contribution in [0.3, 0.4) is 0 Å². The van der Waals surface area contributed by atoms with Crippen LogP contribution in [-0.2, 0) is 10.3 Å². The molecule has 1 aliphatic heterocycles. The predicted octanol–water partition coefficient (Wildman–Crippen LogP) is 2.29. The molecule has 1 aromatic rings. The second-order valence-corrected chi connectivity index (χ2v) is 3.98. The molecule has 1 aliphatic rings. The largest absolute Gasteiger partial charge is 0.447 e. The van der Waals surface area contributed by atoms with Crippen LogP contribution in [0.15, 0.2) is 24.3 Å². The van der Waals surface area contributed by atoms with Crippen LogP contribution in [0.4, 0.5) is 4.79 Å². The Morgan fingerprint density at radius 2 is 2.07 bits per heavy atom. The molecular weight excluding hydrogens is 202 g/mol. The van der Waals surface area contributed by atoms with E-state index in [4.69, 9.17) is 16.3 Å². The normalized spacial score (nSPS) is 25.7. The van der Waals surface area contributed by atoms with Crippen molar-refractivity contribution in [3.63, 3.8) is 0 Å². The van der Waals surface area contributed by atoms with Crippen molar-refractivity contribution in [2.45, 2.75) is 12.5 Å². The number of amides is 1. The third-order valence-corrected chi connectivity index (χ3v) is 2.60. The molecule has 74 valence electrons. The quantitative estimate of drug-likeness (QED) is 0.774. The van der Waals surface area contributed by atoms with Gasteiger partial charge < -0.3 is 10.1 Å². The number of carbonyl (C=O) groups is 1. The molecule has 1 fully saturated rings. The van der Waals surface area contributed by atoms with Gasteiger partial charge in [-0.3, -0.25) is 0 Å². The number of ether oxygens (including phenoxy) is 1. The topological polar surface area (TPSA) is 38.3 Å². The van der Waals surface area contributed by atoms with E-state index in [1.165, 1.54) is 0 Å². The second-order valence-electron chi connectivity index (χ2n) is 3.54. The summed E-state index contributed by atoms with van der Waals surface area (Å²) in [6.45, 7) is 2.27. The molecule has 0 spiro atoms. The Morgan fingerprint density at radius 1 is 1.43 bits per heavy atom. The summed E-state index contributed by atoms with van der Waals surface area (Å²) in [7, 11) is 0. The standard InChI is InChI=1S/C10H10ClNO2/c1-10(6-14-9(13)12-10)7-2-4-8(11)5-3-7/h2-5H,6H2,1H3,(H,12,13). The molecule has 0 bridgehead atoms. The minimum absolute atomic E-state index is 0.355. The van der Waals surface area contributed by atoms with E-state index in [0.29, 0.717) is 11.6 Å². The van der Waals surface area contributed by atoms with Crippen LogP contribution in [-0.4, -0.2) is 12.7 Å². The Kier molecular flexibility index (Phi) is 2.11. The van der Waals surface area contributed by atoms with E-state index in [9.17, 15) is 4.79 Å². The van der Waals surface area contributed by atoms with Crippen molar-refractivity contribution in [2.75, 3.05) is 6.61 Å². The third kappa shape index (κ3) is 1.55. The Morgan fingerprint density at radius 3 is 2.57 bits per heavy atom. The summed E-state index contributed by atoms with van der Waals surface area (Å²) in [5.74, 6) is 0. The summed E-state index contributed by atoms with van der Waals surface area (Å²) in [5.41, 5.74) is 0.564. The molecule has 1 saturated heterocycles. The maximum absolute atomic E-state index is 10.9. The van der Waals surface area contributed by atoms with E-state index < -0.39 is 5.54 Å². The van der Waals surface area contributed by atoms with Crippen LogP contribution in [0.25, 0.3) is 0 Å². The fourth-order valence-electron chi connectivity index (χ4n) is 1.48. The predicted molar refractivity (Wildman–Crippen MR) is 53.3 cm³/mol. The molecule has 1 heterocycles. The molecule has 1 amide bonds. The number of hydrogen-bond donors (Lipinski definition) is 1. The summed E-state index contributed by atoms with van der Waals surface area (Å²) in [5, 5.41) is 3.44. The minimum atomic E-state index is -0.429. The first-order valence-corrected chi connectivity index (χ1v) is 4.69. The average molecular weight is 212 g/mol. The van der Waals surface area contributed by atoms with E-state index in [0.717, 1.165) is 5.56 Å². The molecule has 1 atom stereocenters. The van der Waals surface area contributed by atoms with Crippen LogP contribution in [0.5, 0.6) is 0 Å². The van der Waals surface area contributed by atoms with E-state index >= 15 is 0 Å². The molecule has 3 nitrogen and oxygen atoms in total. The number of alkyl carbamates (subject to hydrolysis) is 1. The fourth-order valence-corrected chi connectivity index (χ4v) is 1.61. The van der Waals surface area contributed by atoms with Gasteiger partial charge in [-0.1, -0.05) is 23.7 Å². The van der Waals surface area contributed by atoms with Crippen molar-refractivity contribution in [3.8, 4) is 0 Å². The highest BCUT2D eigenvalue weighted by Gasteiger charge is 2.36. The maximum Gasteiger partial charge on any atom is 0.408 e. The second kappa shape index (κ2) is 3.17. The van der Waals surface area contributed by atoms with Crippen molar-refractivity contribution < 1.29 is 9.53 Å². The van der Waals surface area contributed by atoms with Crippen molar-refractivity contribution in [1.82, 2.24) is 5.32 Å². The van der Waals surface area contributed by atoms with E-state index in [1.54, 1.807) is 12.1 Å². The molecule has 4 heteroatoms. The molecule has 2 rings (SSSR count). The summed E-state index contributed by atoms with van der Waals surface area (Å²) in [4.78, 5) is 10.9. The molecule has 14 heavy (non-hydrogen) atoms. The highest BCUT2D eigenvalue weighted by Crippen LogP contribution is 2.26. The first-order valence-electron chi connectivity index (χ1n) is 4.31. The van der Waals surface area contributed by atoms with E-state index in [1.807, 2.05) is 19.1 Å². The van der Waals surface area contributed by atoms with Gasteiger partial charge in [0.1, 0.15) is 6.61 Å². The molecule has 0 saturated carbocycles. The molecular formula is C10H10ClNO2. The molecule has 1 unspecified atom stereocenters. The van der Waals surface area contributed by atoms with Crippen LogP contribution >= 0.6 is 11.6 Å². The third-order valence-electron chi connectivity index (χ3n) is 2.35. The van der Waals surface area contributed by atoms with Gasteiger partial charge in [-0.25, -0.2) is 4.79 Å². The number of rotatable bonds is 1. The Bertz CT molecular complexity index is 363. The zero-order chi connectivity index (χ0) is 10.2. The molecule has 1 N–H and O–H groups in total. The van der Waals surface area contributed by atoms with Gasteiger partial charge in [0.05, 0.1) is 5.54 Å². The molecule has 0 aromatic heterocycles. The monoisotopic (exact) mass is 211 g/mol. The Balaban J connectivity index is 2.30. The molecule has 0 aliphatic carbocycles. The van der Waals surface area contributed by atoms with Gasteiger partial charge in [0.15, 0.2) is 0 Å². The number of benzene rings is 1. The molecule has 1 aromatic carbocycles. The minimum Gasteiger partial charge on any atom is -0.447 e. The zero-order valence-electron chi connectivity index (χ0n) is 7.71. The number of cyclic esters (lactones) is 1. The summed E-state index contributed by atoms with van der Waals surface area (Å²) >= 11 is 5.77. The lowest BCUT2D eigenvalue weighted by molar-refractivity contribution is 0.173. The van der Waals surface area contributed by atoms with Gasteiger partial charge in [-0.15, -0.1) is 0 Å². The van der Waals surface area contributed by atoms with Crippen LogP contribution in [0.1, 0.15) is 12.5 Å².